The molecule has 1 aliphatic carbocycles. The second-order valence-electron chi connectivity index (χ2n) is 7.00. The van der Waals surface area contributed by atoms with Gasteiger partial charge >= 0.3 is 0 Å². The summed E-state index contributed by atoms with van der Waals surface area (Å²) in [6, 6.07) is 2.47. The van der Waals surface area contributed by atoms with E-state index in [9.17, 15) is 15.2 Å². The Labute approximate surface area is 133 Å². The molecule has 2 unspecified atom stereocenters. The summed E-state index contributed by atoms with van der Waals surface area (Å²) in [6.45, 7) is 3.41. The third kappa shape index (κ3) is 3.44. The molecule has 1 amide bonds. The van der Waals surface area contributed by atoms with Gasteiger partial charge in [-0.2, -0.15) is 5.26 Å². The molecule has 5 heteroatoms. The van der Waals surface area contributed by atoms with Crippen LogP contribution in [0, 0.1) is 17.2 Å². The molecular formula is C17H29N3O2. The number of rotatable bonds is 4. The molecule has 1 N–H and O–H groups in total. The summed E-state index contributed by atoms with van der Waals surface area (Å²) in [5.74, 6) is 0.424. The van der Waals surface area contributed by atoms with Gasteiger partial charge in [0.05, 0.1) is 19.2 Å². The topological polar surface area (TPSA) is 67.6 Å². The van der Waals surface area contributed by atoms with E-state index >= 15 is 0 Å². The summed E-state index contributed by atoms with van der Waals surface area (Å²) in [5.41, 5.74) is -0.620. The van der Waals surface area contributed by atoms with E-state index in [-0.39, 0.29) is 18.6 Å². The maximum Gasteiger partial charge on any atom is 0.237 e. The largest absolute Gasteiger partial charge is 0.395 e. The molecule has 2 rings (SSSR count). The van der Waals surface area contributed by atoms with Crippen molar-refractivity contribution < 1.29 is 9.90 Å². The van der Waals surface area contributed by atoms with Crippen molar-refractivity contribution in [1.29, 1.82) is 5.26 Å². The lowest BCUT2D eigenvalue weighted by Crippen LogP contribution is -2.55. The SMILES string of the molecule is CC1CCCN(CC(=O)N(C)C2(C#N)CCCCC2)C1CO. The first-order valence-electron chi connectivity index (χ1n) is 8.57. The number of carbonyl (C=O) groups excluding carboxylic acids is 1. The highest BCUT2D eigenvalue weighted by Crippen LogP contribution is 2.33. The molecule has 2 fully saturated rings. The second-order valence-corrected chi connectivity index (χ2v) is 7.00. The van der Waals surface area contributed by atoms with Gasteiger partial charge in [0.15, 0.2) is 0 Å². The third-order valence-corrected chi connectivity index (χ3v) is 5.66. The summed E-state index contributed by atoms with van der Waals surface area (Å²) in [6.07, 6.45) is 6.93. The van der Waals surface area contributed by atoms with Crippen LogP contribution in [0.1, 0.15) is 51.9 Å². The number of hydrogen-bond donors (Lipinski definition) is 1. The van der Waals surface area contributed by atoms with Crippen LogP contribution >= 0.6 is 0 Å². The number of hydrogen-bond acceptors (Lipinski definition) is 4. The van der Waals surface area contributed by atoms with Crippen molar-refractivity contribution in [3.63, 3.8) is 0 Å². The minimum Gasteiger partial charge on any atom is -0.395 e. The van der Waals surface area contributed by atoms with E-state index in [2.05, 4.69) is 17.9 Å². The van der Waals surface area contributed by atoms with E-state index in [0.29, 0.717) is 12.5 Å². The summed E-state index contributed by atoms with van der Waals surface area (Å²) >= 11 is 0. The summed E-state index contributed by atoms with van der Waals surface area (Å²) in [7, 11) is 1.78. The van der Waals surface area contributed by atoms with Crippen molar-refractivity contribution in [2.45, 2.75) is 63.5 Å². The van der Waals surface area contributed by atoms with Gasteiger partial charge in [-0.05, 0) is 38.1 Å². The van der Waals surface area contributed by atoms with Gasteiger partial charge in [-0.25, -0.2) is 0 Å². The Kier molecular flexibility index (Phi) is 5.82. The smallest absolute Gasteiger partial charge is 0.237 e. The van der Waals surface area contributed by atoms with Gasteiger partial charge < -0.3 is 10.0 Å². The van der Waals surface area contributed by atoms with E-state index in [1.807, 2.05) is 0 Å². The van der Waals surface area contributed by atoms with Crippen LogP contribution in [-0.4, -0.2) is 59.1 Å². The van der Waals surface area contributed by atoms with Crippen LogP contribution in [0.4, 0.5) is 0 Å². The highest BCUT2D eigenvalue weighted by molar-refractivity contribution is 5.79. The van der Waals surface area contributed by atoms with Gasteiger partial charge in [0.25, 0.3) is 0 Å². The fourth-order valence-electron chi connectivity index (χ4n) is 4.00. The number of nitriles is 1. The van der Waals surface area contributed by atoms with Crippen LogP contribution in [0.15, 0.2) is 0 Å². The Balaban J connectivity index is 2.02. The molecule has 124 valence electrons. The van der Waals surface area contributed by atoms with Crippen LogP contribution < -0.4 is 0 Å². The van der Waals surface area contributed by atoms with Crippen molar-refractivity contribution >= 4 is 5.91 Å². The molecule has 0 aromatic rings. The van der Waals surface area contributed by atoms with Gasteiger partial charge in [-0.3, -0.25) is 9.69 Å². The zero-order valence-corrected chi connectivity index (χ0v) is 13.9. The van der Waals surface area contributed by atoms with Gasteiger partial charge in [0.1, 0.15) is 5.54 Å². The first kappa shape index (κ1) is 17.2. The van der Waals surface area contributed by atoms with Crippen LogP contribution in [-0.2, 0) is 4.79 Å². The van der Waals surface area contributed by atoms with E-state index in [4.69, 9.17) is 0 Å². The molecular weight excluding hydrogens is 278 g/mol. The van der Waals surface area contributed by atoms with E-state index < -0.39 is 5.54 Å². The van der Waals surface area contributed by atoms with Crippen molar-refractivity contribution in [2.24, 2.45) is 5.92 Å². The zero-order valence-electron chi connectivity index (χ0n) is 13.9. The Morgan fingerprint density at radius 2 is 2.05 bits per heavy atom. The lowest BCUT2D eigenvalue weighted by atomic mass is 9.81. The van der Waals surface area contributed by atoms with Crippen molar-refractivity contribution in [2.75, 3.05) is 26.7 Å². The molecule has 0 aromatic carbocycles. The number of amides is 1. The van der Waals surface area contributed by atoms with Crippen molar-refractivity contribution in [3.8, 4) is 6.07 Å². The fourth-order valence-corrected chi connectivity index (χ4v) is 4.00. The van der Waals surface area contributed by atoms with Crippen LogP contribution in [0.25, 0.3) is 0 Å². The molecule has 1 saturated heterocycles. The molecule has 1 aliphatic heterocycles. The number of aliphatic hydroxyl groups is 1. The molecule has 2 aliphatic rings. The lowest BCUT2D eigenvalue weighted by Gasteiger charge is -2.42. The number of nitrogens with zero attached hydrogens (tertiary/aromatic N) is 3. The van der Waals surface area contributed by atoms with E-state index in [0.717, 1.165) is 51.5 Å². The molecule has 2 atom stereocenters. The predicted molar refractivity (Wildman–Crippen MR) is 85.0 cm³/mol. The van der Waals surface area contributed by atoms with E-state index in [1.165, 1.54) is 0 Å². The molecule has 22 heavy (non-hydrogen) atoms. The molecule has 1 heterocycles. The van der Waals surface area contributed by atoms with Gasteiger partial charge in [0, 0.05) is 13.1 Å². The standard InChI is InChI=1S/C17H29N3O2/c1-14-7-6-10-20(15(14)12-21)11-16(22)19(2)17(13-18)8-4-3-5-9-17/h14-15,21H,3-12H2,1-2H3. The maximum absolute atomic E-state index is 12.7. The van der Waals surface area contributed by atoms with Gasteiger partial charge in [-0.1, -0.05) is 26.2 Å². The number of likely N-dealkylation sites (N-methyl/N-ethyl adjacent to an activating group) is 1. The second kappa shape index (κ2) is 7.43. The highest BCUT2D eigenvalue weighted by atomic mass is 16.3. The number of piperidine rings is 1. The number of aliphatic hydroxyl groups excluding tert-OH is 1. The summed E-state index contributed by atoms with van der Waals surface area (Å²) in [5, 5.41) is 19.2. The molecule has 0 radical (unpaired) electrons. The predicted octanol–water partition coefficient (Wildman–Crippen LogP) is 1.76. The Bertz CT molecular complexity index is 426. The van der Waals surface area contributed by atoms with Gasteiger partial charge in [-0.15, -0.1) is 0 Å². The summed E-state index contributed by atoms with van der Waals surface area (Å²) < 4.78 is 0. The first-order chi connectivity index (χ1) is 10.5. The maximum atomic E-state index is 12.7. The zero-order chi connectivity index (χ0) is 16.2. The van der Waals surface area contributed by atoms with Crippen molar-refractivity contribution in [3.05, 3.63) is 0 Å². The Morgan fingerprint density at radius 3 is 2.64 bits per heavy atom. The average molecular weight is 307 g/mol. The number of likely N-dealkylation sites (tertiary alicyclic amines) is 1. The lowest BCUT2D eigenvalue weighted by molar-refractivity contribution is -0.137. The monoisotopic (exact) mass is 307 g/mol. The molecule has 5 nitrogen and oxygen atoms in total. The van der Waals surface area contributed by atoms with Crippen LogP contribution in [0.3, 0.4) is 0 Å². The Hall–Kier alpha value is -1.12. The third-order valence-electron chi connectivity index (χ3n) is 5.66. The first-order valence-corrected chi connectivity index (χ1v) is 8.57. The Morgan fingerprint density at radius 1 is 1.36 bits per heavy atom. The van der Waals surface area contributed by atoms with Crippen LogP contribution in [0.2, 0.25) is 0 Å². The van der Waals surface area contributed by atoms with Crippen molar-refractivity contribution in [1.82, 2.24) is 9.80 Å². The minimum atomic E-state index is -0.620. The highest BCUT2D eigenvalue weighted by Gasteiger charge is 2.40. The van der Waals surface area contributed by atoms with E-state index in [1.54, 1.807) is 11.9 Å². The number of carbonyl (C=O) groups is 1. The molecule has 0 spiro atoms. The molecule has 0 aromatic heterocycles. The van der Waals surface area contributed by atoms with Crippen LogP contribution in [0.5, 0.6) is 0 Å². The molecule has 1 saturated carbocycles. The minimum absolute atomic E-state index is 0.0102. The quantitative estimate of drug-likeness (QED) is 0.859. The molecule has 0 bridgehead atoms. The van der Waals surface area contributed by atoms with Gasteiger partial charge in [0.2, 0.25) is 5.91 Å². The summed E-state index contributed by atoms with van der Waals surface area (Å²) in [4.78, 5) is 16.5. The average Bonchev–Trinajstić information content (AvgIpc) is 2.55. The normalized spacial score (nSPS) is 28.8. The fraction of sp³-hybridized carbons (Fsp3) is 0.882.